The molecule has 0 bridgehead atoms. The molecular weight excluding hydrogens is 448 g/mol. The molecule has 37 heavy (non-hydrogen) atoms. The highest BCUT2D eigenvalue weighted by Crippen LogP contribution is 2.46. The first-order valence-electron chi connectivity index (χ1n) is 15.6. The molecule has 172 valence electrons. The molecule has 0 saturated carbocycles. The monoisotopic (exact) mass is 477 g/mol. The van der Waals surface area contributed by atoms with Gasteiger partial charge in [0.25, 0.3) is 0 Å². The van der Waals surface area contributed by atoms with Crippen LogP contribution < -0.4 is 0 Å². The molecule has 1 nitrogen and oxygen atoms in total. The van der Waals surface area contributed by atoms with Crippen LogP contribution in [0.4, 0.5) is 0 Å². The van der Waals surface area contributed by atoms with Gasteiger partial charge >= 0.3 is 0 Å². The van der Waals surface area contributed by atoms with Crippen molar-refractivity contribution in [2.45, 2.75) is 0 Å². The molecule has 0 aliphatic heterocycles. The minimum absolute atomic E-state index is 0.0566. The lowest BCUT2D eigenvalue weighted by Crippen LogP contribution is -1.91. The fraction of sp³-hybridized carbons (Fsp3) is 0. The molecule has 7 aromatic carbocycles. The van der Waals surface area contributed by atoms with Crippen LogP contribution >= 0.6 is 0 Å². The molecule has 0 saturated heterocycles. The first-order valence-corrected chi connectivity index (χ1v) is 12.1. The number of hydrogen-bond donors (Lipinski definition) is 0. The summed E-state index contributed by atoms with van der Waals surface area (Å²) in [5.41, 5.74) is 4.27. The Morgan fingerprint density at radius 2 is 1.08 bits per heavy atom. The number of hydrogen-bond acceptors (Lipinski definition) is 1. The van der Waals surface area contributed by atoms with Gasteiger partial charge in [0, 0.05) is 10.8 Å². The Bertz CT molecular complexity index is 2470. The summed E-state index contributed by atoms with van der Waals surface area (Å²) in [6, 6.07) is 27.1. The maximum absolute atomic E-state index is 9.30. The van der Waals surface area contributed by atoms with Gasteiger partial charge in [0.15, 0.2) is 0 Å². The lowest BCUT2D eigenvalue weighted by Gasteiger charge is -2.18. The van der Waals surface area contributed by atoms with Gasteiger partial charge in [0.2, 0.25) is 0 Å². The maximum atomic E-state index is 9.30. The number of benzene rings is 7. The molecule has 0 spiro atoms. The van der Waals surface area contributed by atoms with Crippen LogP contribution in [0.5, 0.6) is 0 Å². The zero-order valence-electron chi connectivity index (χ0n) is 26.6. The largest absolute Gasteiger partial charge is 0.456 e. The van der Waals surface area contributed by atoms with E-state index in [0.29, 0.717) is 5.56 Å². The summed E-state index contributed by atoms with van der Waals surface area (Å²) in [5.74, 6) is 0. The Morgan fingerprint density at radius 1 is 0.486 bits per heavy atom. The van der Waals surface area contributed by atoms with Gasteiger partial charge in [-0.05, 0) is 72.7 Å². The van der Waals surface area contributed by atoms with Crippen molar-refractivity contribution >= 4 is 54.3 Å². The Morgan fingerprint density at radius 3 is 1.81 bits per heavy atom. The first-order chi connectivity index (χ1) is 21.3. The van der Waals surface area contributed by atoms with Crippen molar-refractivity contribution in [1.82, 2.24) is 0 Å². The van der Waals surface area contributed by atoms with Crippen LogP contribution in [0.15, 0.2) is 138 Å². The van der Waals surface area contributed by atoms with Crippen LogP contribution in [-0.2, 0) is 0 Å². The summed E-state index contributed by atoms with van der Waals surface area (Å²) >= 11 is 0. The van der Waals surface area contributed by atoms with E-state index in [9.17, 15) is 1.37 Å². The summed E-state index contributed by atoms with van der Waals surface area (Å²) in [6.45, 7) is 0. The summed E-state index contributed by atoms with van der Waals surface area (Å²) < 4.78 is 67.0. The topological polar surface area (TPSA) is 13.1 Å². The fourth-order valence-electron chi connectivity index (χ4n) is 5.58. The van der Waals surface area contributed by atoms with Crippen LogP contribution in [-0.4, -0.2) is 0 Å². The molecule has 0 radical (unpaired) electrons. The molecule has 0 unspecified atom stereocenters. The fourth-order valence-corrected chi connectivity index (χ4v) is 5.58. The molecule has 8 aromatic rings. The molecule has 0 atom stereocenters. The quantitative estimate of drug-likeness (QED) is 0.226. The lowest BCUT2D eigenvalue weighted by atomic mass is 9.84. The first kappa shape index (κ1) is 14.6. The standard InChI is InChI=1S/C36H22O/c1-2-11-24-22-25(21-20-23(24)10-1)34-26-12-3-5-14-28(26)35(29-15-6-4-13-27(29)34)31-17-9-19-33-36(31)30-16-7-8-18-32(30)37-33/h1-22H/i1D,2D,10D,11D,20D,21D,22D. The minimum Gasteiger partial charge on any atom is -0.456 e. The third-order valence-corrected chi connectivity index (χ3v) is 7.10. The number of fused-ring (bicyclic) bond motifs is 6. The van der Waals surface area contributed by atoms with Gasteiger partial charge < -0.3 is 4.42 Å². The van der Waals surface area contributed by atoms with Crippen molar-refractivity contribution in [3.8, 4) is 22.3 Å². The van der Waals surface area contributed by atoms with Crippen molar-refractivity contribution in [3.05, 3.63) is 133 Å². The van der Waals surface area contributed by atoms with Gasteiger partial charge in [-0.1, -0.05) is 115 Å². The Kier molecular flexibility index (Phi) is 3.09. The third-order valence-electron chi connectivity index (χ3n) is 7.10. The molecular formula is C36H22O. The molecule has 0 aliphatic rings. The highest BCUT2D eigenvalue weighted by molar-refractivity contribution is 6.25. The lowest BCUT2D eigenvalue weighted by molar-refractivity contribution is 0.669. The van der Waals surface area contributed by atoms with E-state index in [-0.39, 0.29) is 40.5 Å². The van der Waals surface area contributed by atoms with E-state index >= 15 is 0 Å². The van der Waals surface area contributed by atoms with E-state index in [1.54, 1.807) is 0 Å². The Hall–Kier alpha value is -4.88. The Balaban J connectivity index is 1.58. The third kappa shape index (κ3) is 2.98. The van der Waals surface area contributed by atoms with Gasteiger partial charge in [0.05, 0.1) is 9.60 Å². The maximum Gasteiger partial charge on any atom is 0.136 e. The Labute approximate surface area is 224 Å². The van der Waals surface area contributed by atoms with Crippen molar-refractivity contribution in [1.29, 1.82) is 0 Å². The molecule has 1 heterocycles. The van der Waals surface area contributed by atoms with Gasteiger partial charge in [-0.15, -0.1) is 0 Å². The predicted octanol–water partition coefficient (Wildman–Crippen LogP) is 10.4. The van der Waals surface area contributed by atoms with Gasteiger partial charge in [0.1, 0.15) is 11.2 Å². The minimum atomic E-state index is -0.483. The van der Waals surface area contributed by atoms with Crippen molar-refractivity contribution in [3.63, 3.8) is 0 Å². The molecule has 0 fully saturated rings. The highest BCUT2D eigenvalue weighted by Gasteiger charge is 2.20. The second-order valence-corrected chi connectivity index (χ2v) is 9.12. The SMILES string of the molecule is [2H]c1c([2H])c([2H])c2c([2H])c(-c3c4ccccc4c(-c4cccc5oc6ccccc6c45)c4ccccc34)c([2H])c([2H])c2c1[2H]. The number of rotatable bonds is 2. The molecule has 1 heteroatoms. The van der Waals surface area contributed by atoms with Crippen LogP contribution in [0.1, 0.15) is 9.60 Å². The van der Waals surface area contributed by atoms with Gasteiger partial charge in [-0.3, -0.25) is 0 Å². The average molecular weight is 478 g/mol. The molecule has 0 aliphatic carbocycles. The number of para-hydroxylation sites is 1. The molecule has 0 amide bonds. The summed E-state index contributed by atoms with van der Waals surface area (Å²) in [4.78, 5) is 0. The molecule has 8 rings (SSSR count). The van der Waals surface area contributed by atoms with Crippen LogP contribution in [0.25, 0.3) is 76.5 Å². The zero-order valence-corrected chi connectivity index (χ0v) is 19.6. The van der Waals surface area contributed by atoms with Crippen LogP contribution in [0.2, 0.25) is 0 Å². The summed E-state index contributed by atoms with van der Waals surface area (Å²) in [7, 11) is 0. The second kappa shape index (κ2) is 7.81. The van der Waals surface area contributed by atoms with Gasteiger partial charge in [-0.25, -0.2) is 0 Å². The van der Waals surface area contributed by atoms with E-state index in [4.69, 9.17) is 12.6 Å². The highest BCUT2D eigenvalue weighted by atomic mass is 16.3. The molecule has 1 aromatic heterocycles. The molecule has 0 N–H and O–H groups in total. The average Bonchev–Trinajstić information content (AvgIpc) is 3.43. The smallest absolute Gasteiger partial charge is 0.136 e. The zero-order chi connectivity index (χ0) is 30.4. The van der Waals surface area contributed by atoms with Crippen LogP contribution in [0.3, 0.4) is 0 Å². The second-order valence-electron chi connectivity index (χ2n) is 9.12. The van der Waals surface area contributed by atoms with Crippen LogP contribution in [0, 0.1) is 0 Å². The number of furan rings is 1. The van der Waals surface area contributed by atoms with Crippen molar-refractivity contribution in [2.24, 2.45) is 0 Å². The van der Waals surface area contributed by atoms with E-state index in [1.165, 1.54) is 0 Å². The summed E-state index contributed by atoms with van der Waals surface area (Å²) in [6.07, 6.45) is 0. The van der Waals surface area contributed by atoms with E-state index in [1.807, 2.05) is 78.9 Å². The van der Waals surface area contributed by atoms with E-state index in [2.05, 4.69) is 12.1 Å². The van der Waals surface area contributed by atoms with Crippen molar-refractivity contribution < 1.29 is 14.0 Å². The predicted molar refractivity (Wildman–Crippen MR) is 157 cm³/mol. The van der Waals surface area contributed by atoms with E-state index in [0.717, 1.165) is 54.6 Å². The van der Waals surface area contributed by atoms with Crippen molar-refractivity contribution in [2.75, 3.05) is 0 Å². The summed E-state index contributed by atoms with van der Waals surface area (Å²) in [5, 5.41) is 5.14. The van der Waals surface area contributed by atoms with E-state index < -0.39 is 18.1 Å². The van der Waals surface area contributed by atoms with Gasteiger partial charge in [-0.2, -0.15) is 0 Å². The normalized spacial score (nSPS) is 14.4.